The van der Waals surface area contributed by atoms with Crippen molar-refractivity contribution in [1.82, 2.24) is 9.97 Å². The summed E-state index contributed by atoms with van der Waals surface area (Å²) in [6, 6.07) is 0. The lowest BCUT2D eigenvalue weighted by molar-refractivity contribution is 0.472. The Morgan fingerprint density at radius 3 is 2.29 bits per heavy atom. The zero-order chi connectivity index (χ0) is 15.8. The number of unbranched alkanes of at least 4 members (excludes halogenated alkanes) is 1. The van der Waals surface area contributed by atoms with Gasteiger partial charge in [0.15, 0.2) is 0 Å². The molecular weight excluding hydrogens is 260 g/mol. The molecule has 1 rings (SSSR count). The average Bonchev–Trinajstić information content (AvgIpc) is 2.48. The van der Waals surface area contributed by atoms with Crippen LogP contribution in [0.5, 0.6) is 0 Å². The Morgan fingerprint density at radius 2 is 1.76 bits per heavy atom. The number of anilines is 2. The van der Waals surface area contributed by atoms with Crippen molar-refractivity contribution < 1.29 is 0 Å². The zero-order valence-corrected chi connectivity index (χ0v) is 14.6. The van der Waals surface area contributed by atoms with Crippen LogP contribution in [0, 0.1) is 12.8 Å². The molecule has 1 aromatic heterocycles. The van der Waals surface area contributed by atoms with Crippen molar-refractivity contribution in [1.29, 1.82) is 0 Å². The molecule has 4 heteroatoms. The van der Waals surface area contributed by atoms with E-state index in [0.717, 1.165) is 35.5 Å². The monoisotopic (exact) mass is 292 g/mol. The number of aromatic nitrogens is 2. The van der Waals surface area contributed by atoms with Crippen LogP contribution >= 0.6 is 0 Å². The molecule has 21 heavy (non-hydrogen) atoms. The second-order valence-electron chi connectivity index (χ2n) is 6.11. The smallest absolute Gasteiger partial charge is 0.135 e. The molecule has 0 bridgehead atoms. The van der Waals surface area contributed by atoms with E-state index in [1.165, 1.54) is 25.7 Å². The third-order valence-electron chi connectivity index (χ3n) is 4.02. The third kappa shape index (κ3) is 5.18. The molecule has 0 radical (unpaired) electrons. The molecule has 120 valence electrons. The lowest BCUT2D eigenvalue weighted by Gasteiger charge is -2.19. The molecule has 1 heterocycles. The highest BCUT2D eigenvalue weighted by molar-refractivity contribution is 5.57. The first-order valence-electron chi connectivity index (χ1n) is 8.33. The molecule has 0 spiro atoms. The standard InChI is InChI=1S/C17H32N4/c1-7-9-10-14(8-2)11-19-17-13(5)16(18-6)20-15(21-17)12(3)4/h12,14H,7-11H2,1-6H3,(H2,18,19,20,21). The Morgan fingerprint density at radius 1 is 1.10 bits per heavy atom. The summed E-state index contributed by atoms with van der Waals surface area (Å²) in [4.78, 5) is 9.29. The number of nitrogens with zero attached hydrogens (tertiary/aromatic N) is 2. The largest absolute Gasteiger partial charge is 0.373 e. The molecule has 0 saturated heterocycles. The first-order chi connectivity index (χ1) is 10.0. The second kappa shape index (κ2) is 8.85. The maximum absolute atomic E-state index is 4.70. The molecule has 0 aliphatic rings. The number of nitrogens with one attached hydrogen (secondary N) is 2. The molecular formula is C17H32N4. The minimum Gasteiger partial charge on any atom is -0.373 e. The molecule has 4 nitrogen and oxygen atoms in total. The van der Waals surface area contributed by atoms with Gasteiger partial charge in [-0.25, -0.2) is 9.97 Å². The zero-order valence-electron chi connectivity index (χ0n) is 14.6. The van der Waals surface area contributed by atoms with E-state index in [-0.39, 0.29) is 0 Å². The summed E-state index contributed by atoms with van der Waals surface area (Å²) in [5.74, 6) is 3.86. The fraction of sp³-hybridized carbons (Fsp3) is 0.765. The molecule has 0 saturated carbocycles. The second-order valence-corrected chi connectivity index (χ2v) is 6.11. The minimum atomic E-state index is 0.334. The van der Waals surface area contributed by atoms with Gasteiger partial charge in [0.25, 0.3) is 0 Å². The van der Waals surface area contributed by atoms with Gasteiger partial charge in [-0.1, -0.05) is 47.0 Å². The van der Waals surface area contributed by atoms with Gasteiger partial charge in [-0.05, 0) is 19.3 Å². The number of hydrogen-bond acceptors (Lipinski definition) is 4. The lowest BCUT2D eigenvalue weighted by atomic mass is 9.99. The summed E-state index contributed by atoms with van der Waals surface area (Å²) in [6.07, 6.45) is 5.08. The summed E-state index contributed by atoms with van der Waals surface area (Å²) in [7, 11) is 1.92. The SMILES string of the molecule is CCCCC(CC)CNc1nc(C(C)C)nc(NC)c1C. The van der Waals surface area contributed by atoms with E-state index < -0.39 is 0 Å². The van der Waals surface area contributed by atoms with Crippen LogP contribution in [0.25, 0.3) is 0 Å². The van der Waals surface area contributed by atoms with Crippen molar-refractivity contribution in [2.45, 2.75) is 66.2 Å². The topological polar surface area (TPSA) is 49.8 Å². The minimum absolute atomic E-state index is 0.334. The van der Waals surface area contributed by atoms with Gasteiger partial charge in [0, 0.05) is 25.1 Å². The van der Waals surface area contributed by atoms with Crippen LogP contribution in [-0.2, 0) is 0 Å². The Balaban J connectivity index is 2.83. The highest BCUT2D eigenvalue weighted by atomic mass is 15.1. The normalized spacial score (nSPS) is 12.5. The number of hydrogen-bond donors (Lipinski definition) is 2. The van der Waals surface area contributed by atoms with Gasteiger partial charge in [-0.2, -0.15) is 0 Å². The van der Waals surface area contributed by atoms with Crippen LogP contribution in [0.2, 0.25) is 0 Å². The van der Waals surface area contributed by atoms with Crippen molar-refractivity contribution >= 4 is 11.6 Å². The van der Waals surface area contributed by atoms with E-state index in [9.17, 15) is 0 Å². The molecule has 0 aromatic carbocycles. The molecule has 0 aliphatic carbocycles. The number of rotatable bonds is 9. The molecule has 1 aromatic rings. The van der Waals surface area contributed by atoms with E-state index in [2.05, 4.69) is 50.2 Å². The van der Waals surface area contributed by atoms with Crippen LogP contribution in [0.3, 0.4) is 0 Å². The Bertz CT molecular complexity index is 429. The van der Waals surface area contributed by atoms with Gasteiger partial charge in [0.05, 0.1) is 0 Å². The van der Waals surface area contributed by atoms with Crippen molar-refractivity contribution in [3.8, 4) is 0 Å². The Hall–Kier alpha value is -1.32. The molecule has 2 N–H and O–H groups in total. The van der Waals surface area contributed by atoms with Crippen LogP contribution in [-0.4, -0.2) is 23.6 Å². The average molecular weight is 292 g/mol. The molecule has 1 atom stereocenters. The fourth-order valence-corrected chi connectivity index (χ4v) is 2.39. The predicted octanol–water partition coefficient (Wildman–Crippen LogP) is 4.58. The van der Waals surface area contributed by atoms with Crippen LogP contribution < -0.4 is 10.6 Å². The maximum Gasteiger partial charge on any atom is 0.135 e. The predicted molar refractivity (Wildman–Crippen MR) is 92.2 cm³/mol. The van der Waals surface area contributed by atoms with E-state index in [0.29, 0.717) is 5.92 Å². The highest BCUT2D eigenvalue weighted by Crippen LogP contribution is 2.23. The van der Waals surface area contributed by atoms with E-state index in [1.807, 2.05) is 7.05 Å². The first-order valence-corrected chi connectivity index (χ1v) is 8.33. The summed E-state index contributed by atoms with van der Waals surface area (Å²) >= 11 is 0. The van der Waals surface area contributed by atoms with Crippen LogP contribution in [0.1, 0.15) is 70.7 Å². The summed E-state index contributed by atoms with van der Waals surface area (Å²) < 4.78 is 0. The van der Waals surface area contributed by atoms with E-state index in [4.69, 9.17) is 4.98 Å². The van der Waals surface area contributed by atoms with Gasteiger partial charge >= 0.3 is 0 Å². The van der Waals surface area contributed by atoms with Gasteiger partial charge in [-0.3, -0.25) is 0 Å². The van der Waals surface area contributed by atoms with E-state index in [1.54, 1.807) is 0 Å². The van der Waals surface area contributed by atoms with Crippen LogP contribution in [0.4, 0.5) is 11.6 Å². The van der Waals surface area contributed by atoms with Gasteiger partial charge in [-0.15, -0.1) is 0 Å². The maximum atomic E-state index is 4.70. The van der Waals surface area contributed by atoms with Crippen molar-refractivity contribution in [2.24, 2.45) is 5.92 Å². The van der Waals surface area contributed by atoms with Gasteiger partial charge in [0.1, 0.15) is 17.5 Å². The third-order valence-corrected chi connectivity index (χ3v) is 4.02. The molecule has 0 fully saturated rings. The highest BCUT2D eigenvalue weighted by Gasteiger charge is 2.13. The van der Waals surface area contributed by atoms with Crippen molar-refractivity contribution in [3.05, 3.63) is 11.4 Å². The van der Waals surface area contributed by atoms with Gasteiger partial charge < -0.3 is 10.6 Å². The lowest BCUT2D eigenvalue weighted by Crippen LogP contribution is -2.17. The summed E-state index contributed by atoms with van der Waals surface area (Å²) in [6.45, 7) is 11.9. The molecule has 0 aliphatic heterocycles. The first kappa shape index (κ1) is 17.7. The van der Waals surface area contributed by atoms with Crippen molar-refractivity contribution in [2.75, 3.05) is 24.2 Å². The molecule has 1 unspecified atom stereocenters. The molecule has 0 amide bonds. The Kier molecular flexibility index (Phi) is 7.48. The van der Waals surface area contributed by atoms with Gasteiger partial charge in [0.2, 0.25) is 0 Å². The fourth-order valence-electron chi connectivity index (χ4n) is 2.39. The summed E-state index contributed by atoms with van der Waals surface area (Å²) in [5, 5.41) is 6.73. The van der Waals surface area contributed by atoms with Crippen molar-refractivity contribution in [3.63, 3.8) is 0 Å². The quantitative estimate of drug-likeness (QED) is 0.699. The van der Waals surface area contributed by atoms with E-state index >= 15 is 0 Å². The van der Waals surface area contributed by atoms with Crippen LogP contribution in [0.15, 0.2) is 0 Å². The Labute approximate surface area is 130 Å². The summed E-state index contributed by atoms with van der Waals surface area (Å²) in [5.41, 5.74) is 1.10.